The highest BCUT2D eigenvalue weighted by Crippen LogP contribution is 2.30. The number of benzene rings is 1. The summed E-state index contributed by atoms with van der Waals surface area (Å²) >= 11 is 0. The van der Waals surface area contributed by atoms with Crippen LogP contribution in [0.4, 0.5) is 17.6 Å². The molecule has 1 rings (SSSR count). The molecule has 0 aliphatic carbocycles. The summed E-state index contributed by atoms with van der Waals surface area (Å²) in [7, 11) is 1.29. The Hall–Kier alpha value is -1.05. The first-order valence-electron chi connectivity index (χ1n) is 4.61. The molecule has 104 valence electrons. The third-order valence-corrected chi connectivity index (χ3v) is 2.24. The van der Waals surface area contributed by atoms with Crippen molar-refractivity contribution in [2.75, 3.05) is 7.11 Å². The van der Waals surface area contributed by atoms with Crippen molar-refractivity contribution in [2.24, 2.45) is 5.73 Å². The Morgan fingerprint density at radius 1 is 1.33 bits per heavy atom. The van der Waals surface area contributed by atoms with Gasteiger partial charge in [-0.3, -0.25) is 0 Å². The maximum Gasteiger partial charge on any atom is 0.416 e. The Bertz CT molecular complexity index is 400. The van der Waals surface area contributed by atoms with Crippen molar-refractivity contribution >= 4 is 12.4 Å². The Labute approximate surface area is 107 Å². The Balaban J connectivity index is 0.00000289. The second kappa shape index (κ2) is 6.21. The molecule has 0 unspecified atom stereocenters. The zero-order chi connectivity index (χ0) is 13.2. The maximum absolute atomic E-state index is 13.4. The summed E-state index contributed by atoms with van der Waals surface area (Å²) in [4.78, 5) is 0. The van der Waals surface area contributed by atoms with E-state index in [9.17, 15) is 17.6 Å². The first-order chi connectivity index (χ1) is 7.77. The molecule has 0 bridgehead atoms. The molecule has 8 heteroatoms. The summed E-state index contributed by atoms with van der Waals surface area (Å²) in [6, 6.07) is 1.34. The van der Waals surface area contributed by atoms with Crippen LogP contribution in [0.25, 0.3) is 0 Å². The van der Waals surface area contributed by atoms with Gasteiger partial charge in [-0.2, -0.15) is 13.2 Å². The normalized spacial score (nSPS) is 14.6. The van der Waals surface area contributed by atoms with Crippen molar-refractivity contribution in [3.63, 3.8) is 0 Å². The first kappa shape index (κ1) is 16.9. The number of hydrogen-bond donors (Lipinski definition) is 2. The van der Waals surface area contributed by atoms with Crippen molar-refractivity contribution in [3.05, 3.63) is 29.6 Å². The summed E-state index contributed by atoms with van der Waals surface area (Å²) in [6.45, 7) is 0. The van der Waals surface area contributed by atoms with Gasteiger partial charge in [-0.25, -0.2) is 4.39 Å². The van der Waals surface area contributed by atoms with Gasteiger partial charge in [-0.05, 0) is 6.07 Å². The van der Waals surface area contributed by atoms with Crippen LogP contribution in [0.15, 0.2) is 18.2 Å². The summed E-state index contributed by atoms with van der Waals surface area (Å²) in [5.74, 6) is -0.805. The van der Waals surface area contributed by atoms with Crippen molar-refractivity contribution in [3.8, 4) is 5.75 Å². The summed E-state index contributed by atoms with van der Waals surface area (Å²) < 4.78 is 54.6. The molecule has 1 aromatic rings. The van der Waals surface area contributed by atoms with E-state index in [0.717, 1.165) is 12.1 Å². The lowest BCUT2D eigenvalue weighted by Crippen LogP contribution is -2.39. The molecular weight excluding hydrogens is 278 g/mol. The molecule has 0 saturated carbocycles. The third-order valence-electron chi connectivity index (χ3n) is 2.24. The van der Waals surface area contributed by atoms with E-state index in [-0.39, 0.29) is 18.2 Å². The number of alkyl halides is 3. The second-order valence-corrected chi connectivity index (χ2v) is 3.40. The predicted molar refractivity (Wildman–Crippen MR) is 59.2 cm³/mol. The van der Waals surface area contributed by atoms with Gasteiger partial charge in [0.1, 0.15) is 11.6 Å². The van der Waals surface area contributed by atoms with Gasteiger partial charge in [0.2, 0.25) is 0 Å². The van der Waals surface area contributed by atoms with Gasteiger partial charge in [0.05, 0.1) is 13.2 Å². The average molecular weight is 290 g/mol. The van der Waals surface area contributed by atoms with Crippen molar-refractivity contribution in [2.45, 2.75) is 18.3 Å². The topological polar surface area (TPSA) is 55.5 Å². The number of aliphatic hydroxyl groups excluding tert-OH is 1. The van der Waals surface area contributed by atoms with Crippen LogP contribution in [-0.4, -0.2) is 24.5 Å². The van der Waals surface area contributed by atoms with E-state index in [1.807, 2.05) is 0 Å². The number of hydrogen-bond acceptors (Lipinski definition) is 3. The number of nitrogens with two attached hydrogens (primary N) is 1. The molecule has 3 N–H and O–H groups in total. The zero-order valence-electron chi connectivity index (χ0n) is 9.24. The van der Waals surface area contributed by atoms with Crippen molar-refractivity contribution < 1.29 is 27.4 Å². The minimum absolute atomic E-state index is 0. The number of methoxy groups -OCH3 is 1. The molecule has 0 heterocycles. The fourth-order valence-electron chi connectivity index (χ4n) is 1.28. The van der Waals surface area contributed by atoms with Gasteiger partial charge in [0.15, 0.2) is 6.10 Å². The number of halogens is 5. The Morgan fingerprint density at radius 3 is 2.28 bits per heavy atom. The molecule has 18 heavy (non-hydrogen) atoms. The van der Waals surface area contributed by atoms with E-state index in [1.54, 1.807) is 0 Å². The molecule has 2 atom stereocenters. The molecule has 0 aliphatic rings. The van der Waals surface area contributed by atoms with Crippen LogP contribution in [0.3, 0.4) is 0 Å². The Morgan fingerprint density at radius 2 is 1.89 bits per heavy atom. The van der Waals surface area contributed by atoms with Gasteiger partial charge in [0.25, 0.3) is 0 Å². The van der Waals surface area contributed by atoms with Crippen LogP contribution in [0.5, 0.6) is 5.75 Å². The maximum atomic E-state index is 13.4. The Kier molecular flexibility index (Phi) is 5.85. The highest BCUT2D eigenvalue weighted by atomic mass is 35.5. The summed E-state index contributed by atoms with van der Waals surface area (Å²) in [6.07, 6.45) is -7.71. The van der Waals surface area contributed by atoms with Crippen LogP contribution in [0.1, 0.15) is 11.6 Å². The van der Waals surface area contributed by atoms with E-state index in [1.165, 1.54) is 13.2 Å². The fraction of sp³-hybridized carbons (Fsp3) is 0.400. The number of ether oxygens (including phenoxy) is 1. The molecule has 0 saturated heterocycles. The van der Waals surface area contributed by atoms with E-state index in [0.29, 0.717) is 0 Å². The van der Waals surface area contributed by atoms with Crippen molar-refractivity contribution in [1.82, 2.24) is 0 Å². The molecule has 0 fully saturated rings. The van der Waals surface area contributed by atoms with Crippen LogP contribution in [0, 0.1) is 5.82 Å². The van der Waals surface area contributed by atoms with Crippen LogP contribution >= 0.6 is 12.4 Å². The second-order valence-electron chi connectivity index (χ2n) is 3.40. The van der Waals surface area contributed by atoms with E-state index in [2.05, 4.69) is 0 Å². The molecule has 0 amide bonds. The lowest BCUT2D eigenvalue weighted by atomic mass is 10.0. The molecule has 0 aliphatic heterocycles. The van der Waals surface area contributed by atoms with Gasteiger partial charge < -0.3 is 15.6 Å². The molecule has 1 aromatic carbocycles. The minimum Gasteiger partial charge on any atom is -0.497 e. The van der Waals surface area contributed by atoms with Gasteiger partial charge in [-0.1, -0.05) is 6.07 Å². The van der Waals surface area contributed by atoms with Gasteiger partial charge >= 0.3 is 6.18 Å². The standard InChI is InChI=1S/C10H11F4NO2.ClH/c1-17-5-2-3-6(7(11)4-5)8(15)9(16)10(12,13)14;/h2-4,8-9,16H,15H2,1H3;1H/t8-,9-;/m0./s1. The van der Waals surface area contributed by atoms with Crippen LogP contribution in [-0.2, 0) is 0 Å². The number of aliphatic hydroxyl groups is 1. The summed E-state index contributed by atoms with van der Waals surface area (Å²) in [5, 5.41) is 8.91. The summed E-state index contributed by atoms with van der Waals surface area (Å²) in [5.41, 5.74) is 4.75. The molecule has 0 aromatic heterocycles. The molecule has 3 nitrogen and oxygen atoms in total. The monoisotopic (exact) mass is 289 g/mol. The van der Waals surface area contributed by atoms with Crippen molar-refractivity contribution in [1.29, 1.82) is 0 Å². The molecular formula is C10H12ClF4NO2. The highest BCUT2D eigenvalue weighted by Gasteiger charge is 2.43. The third kappa shape index (κ3) is 3.72. The zero-order valence-corrected chi connectivity index (χ0v) is 10.1. The molecule has 0 spiro atoms. The SMILES string of the molecule is COc1ccc([C@H](N)[C@H](O)C(F)(F)F)c(F)c1.Cl. The van der Waals surface area contributed by atoms with Gasteiger partial charge in [-0.15, -0.1) is 12.4 Å². The average Bonchev–Trinajstić information content (AvgIpc) is 2.25. The van der Waals surface area contributed by atoms with Crippen LogP contribution < -0.4 is 10.5 Å². The minimum atomic E-state index is -4.90. The smallest absolute Gasteiger partial charge is 0.416 e. The quantitative estimate of drug-likeness (QED) is 0.839. The van der Waals surface area contributed by atoms with E-state index >= 15 is 0 Å². The first-order valence-corrected chi connectivity index (χ1v) is 4.61. The number of rotatable bonds is 3. The highest BCUT2D eigenvalue weighted by molar-refractivity contribution is 5.85. The largest absolute Gasteiger partial charge is 0.497 e. The van der Waals surface area contributed by atoms with E-state index < -0.39 is 29.7 Å². The van der Waals surface area contributed by atoms with Gasteiger partial charge in [0, 0.05) is 11.6 Å². The van der Waals surface area contributed by atoms with Crippen LogP contribution in [0.2, 0.25) is 0 Å². The fourth-order valence-corrected chi connectivity index (χ4v) is 1.28. The lowest BCUT2D eigenvalue weighted by Gasteiger charge is -2.22. The lowest BCUT2D eigenvalue weighted by molar-refractivity contribution is -0.210. The predicted octanol–water partition coefficient (Wildman–Crippen LogP) is 2.18. The van der Waals surface area contributed by atoms with E-state index in [4.69, 9.17) is 15.6 Å². The molecule has 0 radical (unpaired) electrons.